The predicted molar refractivity (Wildman–Crippen MR) is 220 cm³/mol. The van der Waals surface area contributed by atoms with Crippen LogP contribution in [0.2, 0.25) is 0 Å². The minimum absolute atomic E-state index is 0.129. The molecule has 0 aromatic heterocycles. The average molecular weight is 784 g/mol. The van der Waals surface area contributed by atoms with Gasteiger partial charge < -0.3 is 26.0 Å². The summed E-state index contributed by atoms with van der Waals surface area (Å²) in [5.74, 6) is -3.84. The van der Waals surface area contributed by atoms with Gasteiger partial charge in [-0.05, 0) is 12.8 Å². The van der Waals surface area contributed by atoms with E-state index in [1.807, 2.05) is 0 Å². The average Bonchev–Trinajstić information content (AvgIpc) is 3.12. The van der Waals surface area contributed by atoms with Crippen LogP contribution in [-0.2, 0) is 24.0 Å². The van der Waals surface area contributed by atoms with Crippen LogP contribution in [0.3, 0.4) is 0 Å². The third-order valence-electron chi connectivity index (χ3n) is 9.98. The molecule has 0 fully saturated rings. The highest BCUT2D eigenvalue weighted by Crippen LogP contribution is 2.13. The molecule has 0 aliphatic rings. The van der Waals surface area contributed by atoms with Gasteiger partial charge in [-0.1, -0.05) is 155 Å². The molecule has 2 amide bonds. The molecule has 55 heavy (non-hydrogen) atoms. The number of rotatable bonds is 42. The van der Waals surface area contributed by atoms with Crippen molar-refractivity contribution >= 4 is 29.7 Å². The van der Waals surface area contributed by atoms with Gasteiger partial charge in [0.1, 0.15) is 0 Å². The molecule has 0 heterocycles. The Morgan fingerprint density at radius 2 is 0.582 bits per heavy atom. The number of hydrogen-bond acceptors (Lipinski definition) is 8. The summed E-state index contributed by atoms with van der Waals surface area (Å²) in [7, 11) is 0. The molecule has 0 atom stereocenters. The smallest absolute Gasteiger partial charge is 0.317 e. The van der Waals surface area contributed by atoms with E-state index >= 15 is 0 Å². The second-order valence-electron chi connectivity index (χ2n) is 15.4. The number of unbranched alkanes of at least 4 members (excludes halogenated alkanes) is 22. The lowest BCUT2D eigenvalue weighted by molar-refractivity contribution is -0.141. The number of amides is 2. The Hall–Kier alpha value is -2.77. The summed E-state index contributed by atoms with van der Waals surface area (Å²) in [4.78, 5) is 64.5. The SMILES string of the molecule is CCCCCCCCCCCCCCNC(=O)CN(CCN(CCN(CC(=O)O)CC(=O)NCCCCCCCCCCCCCC)CC(=O)O)CC(=O)O. The van der Waals surface area contributed by atoms with E-state index in [0.29, 0.717) is 13.1 Å². The van der Waals surface area contributed by atoms with Crippen LogP contribution in [0.25, 0.3) is 0 Å². The van der Waals surface area contributed by atoms with Crippen LogP contribution in [0, 0.1) is 0 Å². The Morgan fingerprint density at radius 1 is 0.345 bits per heavy atom. The van der Waals surface area contributed by atoms with Crippen molar-refractivity contribution in [3.63, 3.8) is 0 Å². The summed E-state index contributed by atoms with van der Waals surface area (Å²) in [6, 6.07) is 0. The summed E-state index contributed by atoms with van der Waals surface area (Å²) in [6.45, 7) is 4.71. The Balaban J connectivity index is 4.53. The number of carbonyl (C=O) groups excluding carboxylic acids is 2. The molecular formula is C42H81N5O8. The molecule has 13 heteroatoms. The number of aliphatic carboxylic acids is 3. The Kier molecular flexibility index (Phi) is 36.2. The Bertz CT molecular complexity index is 918. The number of nitrogens with zero attached hydrogens (tertiary/aromatic N) is 3. The molecule has 0 bridgehead atoms. The Morgan fingerprint density at radius 3 is 0.855 bits per heavy atom. The van der Waals surface area contributed by atoms with Crippen molar-refractivity contribution in [3.8, 4) is 0 Å². The highest BCUT2D eigenvalue weighted by atomic mass is 16.4. The fraction of sp³-hybridized carbons (Fsp3) is 0.881. The van der Waals surface area contributed by atoms with Gasteiger partial charge >= 0.3 is 17.9 Å². The first-order valence-electron chi connectivity index (χ1n) is 21.9. The highest BCUT2D eigenvalue weighted by Gasteiger charge is 2.20. The minimum Gasteiger partial charge on any atom is -0.480 e. The summed E-state index contributed by atoms with van der Waals surface area (Å²) >= 11 is 0. The normalized spacial score (nSPS) is 11.4. The van der Waals surface area contributed by atoms with Gasteiger partial charge in [0.15, 0.2) is 0 Å². The van der Waals surface area contributed by atoms with Crippen LogP contribution in [0.15, 0.2) is 0 Å². The molecule has 0 aromatic rings. The number of hydrogen-bond donors (Lipinski definition) is 5. The van der Waals surface area contributed by atoms with Crippen molar-refractivity contribution in [2.75, 3.05) is 72.0 Å². The molecule has 0 rings (SSSR count). The first-order chi connectivity index (χ1) is 26.6. The molecule has 0 aromatic carbocycles. The molecular weight excluding hydrogens is 702 g/mol. The van der Waals surface area contributed by atoms with E-state index in [0.717, 1.165) is 38.5 Å². The third-order valence-corrected chi connectivity index (χ3v) is 9.98. The van der Waals surface area contributed by atoms with E-state index in [4.69, 9.17) is 0 Å². The van der Waals surface area contributed by atoms with E-state index < -0.39 is 17.9 Å². The molecule has 0 saturated carbocycles. The van der Waals surface area contributed by atoms with Gasteiger partial charge in [-0.2, -0.15) is 0 Å². The largest absolute Gasteiger partial charge is 0.480 e. The zero-order chi connectivity index (χ0) is 40.8. The van der Waals surface area contributed by atoms with Crippen molar-refractivity contribution in [1.82, 2.24) is 25.3 Å². The van der Waals surface area contributed by atoms with Crippen molar-refractivity contribution in [1.29, 1.82) is 0 Å². The molecule has 5 N–H and O–H groups in total. The summed E-state index contributed by atoms with van der Waals surface area (Å²) in [5, 5.41) is 34.1. The van der Waals surface area contributed by atoms with Crippen LogP contribution >= 0.6 is 0 Å². The monoisotopic (exact) mass is 784 g/mol. The van der Waals surface area contributed by atoms with E-state index in [9.17, 15) is 39.3 Å². The molecule has 0 spiro atoms. The van der Waals surface area contributed by atoms with Crippen molar-refractivity contribution in [2.45, 2.75) is 168 Å². The van der Waals surface area contributed by atoms with Crippen LogP contribution in [0.4, 0.5) is 0 Å². The quantitative estimate of drug-likeness (QED) is 0.0412. The van der Waals surface area contributed by atoms with Gasteiger partial charge in [0, 0.05) is 39.3 Å². The first kappa shape index (κ1) is 52.2. The van der Waals surface area contributed by atoms with Crippen LogP contribution < -0.4 is 10.6 Å². The van der Waals surface area contributed by atoms with Crippen LogP contribution in [0.1, 0.15) is 168 Å². The zero-order valence-electron chi connectivity index (χ0n) is 35.0. The first-order valence-corrected chi connectivity index (χ1v) is 21.9. The molecule has 13 nitrogen and oxygen atoms in total. The van der Waals surface area contributed by atoms with Gasteiger partial charge in [0.25, 0.3) is 0 Å². The highest BCUT2D eigenvalue weighted by molar-refractivity contribution is 5.79. The number of carbonyl (C=O) groups is 5. The van der Waals surface area contributed by atoms with Crippen LogP contribution in [0.5, 0.6) is 0 Å². The number of nitrogens with one attached hydrogen (secondary N) is 2. The van der Waals surface area contributed by atoms with Crippen molar-refractivity contribution in [3.05, 3.63) is 0 Å². The maximum absolute atomic E-state index is 12.6. The second-order valence-corrected chi connectivity index (χ2v) is 15.4. The molecule has 0 aliphatic heterocycles. The molecule has 322 valence electrons. The summed E-state index contributed by atoms with van der Waals surface area (Å²) in [6.07, 6.45) is 29.3. The lowest BCUT2D eigenvalue weighted by Crippen LogP contribution is -2.47. The van der Waals surface area contributed by atoms with Gasteiger partial charge in [-0.15, -0.1) is 0 Å². The number of carboxylic acid groups (broad SMARTS) is 3. The number of carboxylic acids is 3. The standard InChI is InChI=1S/C42H81N5O8/c1-3-5-7-9-11-13-15-17-19-21-23-25-27-43-38(48)33-46(36-41(52)53)31-29-45(35-40(50)51)30-32-47(37-42(54)55)34-39(49)44-28-26-24-22-20-18-16-14-12-10-8-6-4-2/h3-37H2,1-2H3,(H,43,48)(H,44,49)(H,50,51)(H,52,53)(H,54,55). The topological polar surface area (TPSA) is 180 Å². The van der Waals surface area contributed by atoms with Gasteiger partial charge in [0.2, 0.25) is 11.8 Å². The van der Waals surface area contributed by atoms with Gasteiger partial charge in [0.05, 0.1) is 32.7 Å². The molecule has 0 saturated heterocycles. The van der Waals surface area contributed by atoms with Gasteiger partial charge in [-0.25, -0.2) is 0 Å². The Labute approximate surface area is 333 Å². The molecule has 0 radical (unpaired) electrons. The lowest BCUT2D eigenvalue weighted by atomic mass is 10.1. The third kappa shape index (κ3) is 37.9. The zero-order valence-corrected chi connectivity index (χ0v) is 35.0. The predicted octanol–water partition coefficient (Wildman–Crippen LogP) is 6.78. The van der Waals surface area contributed by atoms with Crippen LogP contribution in [-0.4, -0.2) is 132 Å². The van der Waals surface area contributed by atoms with Crippen molar-refractivity contribution < 1.29 is 39.3 Å². The fourth-order valence-corrected chi connectivity index (χ4v) is 6.74. The maximum Gasteiger partial charge on any atom is 0.317 e. The van der Waals surface area contributed by atoms with E-state index in [2.05, 4.69) is 24.5 Å². The van der Waals surface area contributed by atoms with E-state index in [1.165, 1.54) is 125 Å². The summed E-state index contributed by atoms with van der Waals surface area (Å²) < 4.78 is 0. The second kappa shape index (κ2) is 38.1. The summed E-state index contributed by atoms with van der Waals surface area (Å²) in [5.41, 5.74) is 0. The fourth-order valence-electron chi connectivity index (χ4n) is 6.74. The lowest BCUT2D eigenvalue weighted by Gasteiger charge is -2.28. The van der Waals surface area contributed by atoms with E-state index in [1.54, 1.807) is 4.90 Å². The molecule has 0 unspecified atom stereocenters. The van der Waals surface area contributed by atoms with E-state index in [-0.39, 0.29) is 70.7 Å². The van der Waals surface area contributed by atoms with Gasteiger partial charge in [-0.3, -0.25) is 38.7 Å². The van der Waals surface area contributed by atoms with Crippen molar-refractivity contribution in [2.24, 2.45) is 0 Å². The minimum atomic E-state index is -1.10. The molecule has 0 aliphatic carbocycles. The maximum atomic E-state index is 12.6.